The Balaban J connectivity index is 2.64. The normalized spacial score (nSPS) is 10.5. The van der Waals surface area contributed by atoms with Crippen molar-refractivity contribution < 1.29 is 8.81 Å². The lowest BCUT2D eigenvalue weighted by Crippen LogP contribution is -1.82. The summed E-state index contributed by atoms with van der Waals surface area (Å²) in [7, 11) is 0. The van der Waals surface area contributed by atoms with Gasteiger partial charge in [0.05, 0.1) is 21.9 Å². The van der Waals surface area contributed by atoms with Gasteiger partial charge in [0, 0.05) is 0 Å². The molecular formula is C10H5Cl2FO. The Labute approximate surface area is 90.1 Å². The van der Waals surface area contributed by atoms with Crippen LogP contribution >= 0.6 is 23.2 Å². The van der Waals surface area contributed by atoms with Crippen LogP contribution in [-0.4, -0.2) is 0 Å². The smallest absolute Gasteiger partial charge is 0.136 e. The van der Waals surface area contributed by atoms with Gasteiger partial charge in [-0.05, 0) is 24.3 Å². The molecule has 0 N–H and O–H groups in total. The van der Waals surface area contributed by atoms with E-state index in [2.05, 4.69) is 0 Å². The van der Waals surface area contributed by atoms with Gasteiger partial charge >= 0.3 is 0 Å². The molecule has 72 valence electrons. The molecule has 4 heteroatoms. The maximum absolute atomic E-state index is 12.9. The van der Waals surface area contributed by atoms with Crippen molar-refractivity contribution in [2.24, 2.45) is 0 Å². The number of benzene rings is 1. The van der Waals surface area contributed by atoms with Crippen LogP contribution in [0.3, 0.4) is 0 Å². The van der Waals surface area contributed by atoms with Gasteiger partial charge in [0.2, 0.25) is 0 Å². The van der Waals surface area contributed by atoms with Crippen LogP contribution < -0.4 is 0 Å². The van der Waals surface area contributed by atoms with Crippen LogP contribution in [-0.2, 0) is 0 Å². The Morgan fingerprint density at radius 3 is 2.29 bits per heavy atom. The number of halogens is 3. The highest BCUT2D eigenvalue weighted by atomic mass is 35.5. The lowest BCUT2D eigenvalue weighted by Gasteiger charge is -2.03. The fraction of sp³-hybridized carbons (Fsp3) is 0. The first kappa shape index (κ1) is 9.56. The summed E-state index contributed by atoms with van der Waals surface area (Å²) in [6.45, 7) is 0. The predicted molar refractivity (Wildman–Crippen MR) is 54.1 cm³/mol. The summed E-state index contributed by atoms with van der Waals surface area (Å²) >= 11 is 11.7. The highest BCUT2D eigenvalue weighted by Crippen LogP contribution is 2.35. The maximum atomic E-state index is 12.9. The molecule has 2 aromatic rings. The topological polar surface area (TPSA) is 13.1 Å². The summed E-state index contributed by atoms with van der Waals surface area (Å²) in [5.41, 5.74) is 0.514. The first-order valence-electron chi connectivity index (χ1n) is 3.87. The standard InChI is InChI=1S/C10H5Cl2FO/c11-7-4-6(13)5-8(12)10(7)9-2-1-3-14-9/h1-5H. The Bertz CT molecular complexity index is 428. The van der Waals surface area contributed by atoms with Crippen molar-refractivity contribution in [2.75, 3.05) is 0 Å². The summed E-state index contributed by atoms with van der Waals surface area (Å²) in [4.78, 5) is 0. The van der Waals surface area contributed by atoms with Crippen LogP contribution in [0.25, 0.3) is 11.3 Å². The highest BCUT2D eigenvalue weighted by molar-refractivity contribution is 6.39. The molecule has 0 saturated carbocycles. The molecule has 1 heterocycles. The number of rotatable bonds is 1. The number of hydrogen-bond donors (Lipinski definition) is 0. The van der Waals surface area contributed by atoms with Crippen molar-refractivity contribution in [3.63, 3.8) is 0 Å². The van der Waals surface area contributed by atoms with Gasteiger partial charge < -0.3 is 4.42 Å². The Hall–Kier alpha value is -0.990. The first-order chi connectivity index (χ1) is 6.68. The lowest BCUT2D eigenvalue weighted by atomic mass is 10.1. The van der Waals surface area contributed by atoms with Crippen LogP contribution in [0.15, 0.2) is 34.9 Å². The second kappa shape index (κ2) is 3.64. The maximum Gasteiger partial charge on any atom is 0.136 e. The number of furan rings is 1. The van der Waals surface area contributed by atoms with E-state index in [4.69, 9.17) is 27.6 Å². The van der Waals surface area contributed by atoms with E-state index in [0.717, 1.165) is 0 Å². The second-order valence-electron chi connectivity index (χ2n) is 2.72. The molecule has 1 aromatic heterocycles. The largest absolute Gasteiger partial charge is 0.464 e. The summed E-state index contributed by atoms with van der Waals surface area (Å²) < 4.78 is 18.0. The van der Waals surface area contributed by atoms with Gasteiger partial charge in [0.1, 0.15) is 11.6 Å². The van der Waals surface area contributed by atoms with Gasteiger partial charge in [-0.1, -0.05) is 23.2 Å². The van der Waals surface area contributed by atoms with Crippen molar-refractivity contribution in [1.29, 1.82) is 0 Å². The monoisotopic (exact) mass is 230 g/mol. The van der Waals surface area contributed by atoms with Crippen LogP contribution in [0.4, 0.5) is 4.39 Å². The molecule has 0 spiro atoms. The molecular weight excluding hydrogens is 226 g/mol. The fourth-order valence-electron chi connectivity index (χ4n) is 1.20. The van der Waals surface area contributed by atoms with Gasteiger partial charge in [-0.2, -0.15) is 0 Å². The van der Waals surface area contributed by atoms with Crippen molar-refractivity contribution in [2.45, 2.75) is 0 Å². The van der Waals surface area contributed by atoms with E-state index in [9.17, 15) is 4.39 Å². The quantitative estimate of drug-likeness (QED) is 0.709. The molecule has 0 atom stereocenters. The Kier molecular flexibility index (Phi) is 2.48. The van der Waals surface area contributed by atoms with Gasteiger partial charge in [0.15, 0.2) is 0 Å². The molecule has 0 bridgehead atoms. The van der Waals surface area contributed by atoms with Gasteiger partial charge in [-0.3, -0.25) is 0 Å². The minimum Gasteiger partial charge on any atom is -0.464 e. The van der Waals surface area contributed by atoms with Crippen LogP contribution in [0.1, 0.15) is 0 Å². The van der Waals surface area contributed by atoms with Crippen molar-refractivity contribution in [3.05, 3.63) is 46.4 Å². The second-order valence-corrected chi connectivity index (χ2v) is 3.54. The van der Waals surface area contributed by atoms with Gasteiger partial charge in [-0.25, -0.2) is 4.39 Å². The van der Waals surface area contributed by atoms with Crippen LogP contribution in [0.5, 0.6) is 0 Å². The molecule has 0 aliphatic heterocycles. The highest BCUT2D eigenvalue weighted by Gasteiger charge is 2.12. The summed E-state index contributed by atoms with van der Waals surface area (Å²) in [5.74, 6) is 0.0651. The minimum atomic E-state index is -0.463. The van der Waals surface area contributed by atoms with Crippen LogP contribution in [0.2, 0.25) is 10.0 Å². The van der Waals surface area contributed by atoms with Gasteiger partial charge in [0.25, 0.3) is 0 Å². The van der Waals surface area contributed by atoms with E-state index in [1.807, 2.05) is 0 Å². The third kappa shape index (κ3) is 1.63. The third-order valence-electron chi connectivity index (χ3n) is 1.77. The van der Waals surface area contributed by atoms with E-state index in [1.165, 1.54) is 18.4 Å². The minimum absolute atomic E-state index is 0.241. The molecule has 0 unspecified atom stereocenters. The molecule has 0 radical (unpaired) electrons. The van der Waals surface area contributed by atoms with Crippen molar-refractivity contribution >= 4 is 23.2 Å². The average Bonchev–Trinajstić information content (AvgIpc) is 2.54. The summed E-state index contributed by atoms with van der Waals surface area (Å²) in [6, 6.07) is 5.83. The Morgan fingerprint density at radius 1 is 1.14 bits per heavy atom. The zero-order chi connectivity index (χ0) is 10.1. The third-order valence-corrected chi connectivity index (χ3v) is 2.37. The van der Waals surface area contributed by atoms with Crippen LogP contribution in [0, 0.1) is 5.82 Å². The molecule has 0 saturated heterocycles. The molecule has 1 nitrogen and oxygen atoms in total. The van der Waals surface area contributed by atoms with Gasteiger partial charge in [-0.15, -0.1) is 0 Å². The van der Waals surface area contributed by atoms with Crippen molar-refractivity contribution in [1.82, 2.24) is 0 Å². The molecule has 0 aliphatic rings. The molecule has 14 heavy (non-hydrogen) atoms. The van der Waals surface area contributed by atoms with E-state index in [-0.39, 0.29) is 10.0 Å². The van der Waals surface area contributed by atoms with E-state index in [1.54, 1.807) is 12.1 Å². The molecule has 1 aromatic carbocycles. The predicted octanol–water partition coefficient (Wildman–Crippen LogP) is 4.39. The fourth-order valence-corrected chi connectivity index (χ4v) is 1.85. The summed E-state index contributed by atoms with van der Waals surface area (Å²) in [5, 5.41) is 0.481. The molecule has 0 amide bonds. The summed E-state index contributed by atoms with van der Waals surface area (Å²) in [6.07, 6.45) is 1.51. The van der Waals surface area contributed by atoms with Crippen molar-refractivity contribution in [3.8, 4) is 11.3 Å². The number of hydrogen-bond acceptors (Lipinski definition) is 1. The molecule has 0 fully saturated rings. The first-order valence-corrected chi connectivity index (χ1v) is 4.62. The zero-order valence-corrected chi connectivity index (χ0v) is 8.44. The Morgan fingerprint density at radius 2 is 1.79 bits per heavy atom. The van der Waals surface area contributed by atoms with E-state index >= 15 is 0 Å². The van der Waals surface area contributed by atoms with E-state index < -0.39 is 5.82 Å². The SMILES string of the molecule is Fc1cc(Cl)c(-c2ccco2)c(Cl)c1. The lowest BCUT2D eigenvalue weighted by molar-refractivity contribution is 0.582. The average molecular weight is 231 g/mol. The van der Waals surface area contributed by atoms with E-state index in [0.29, 0.717) is 11.3 Å². The zero-order valence-electron chi connectivity index (χ0n) is 6.93. The molecule has 0 aliphatic carbocycles. The molecule has 2 rings (SSSR count).